The van der Waals surface area contributed by atoms with Gasteiger partial charge in [-0.05, 0) is 25.5 Å². The molecule has 0 aromatic carbocycles. The van der Waals surface area contributed by atoms with Gasteiger partial charge in [0, 0.05) is 30.1 Å². The summed E-state index contributed by atoms with van der Waals surface area (Å²) in [7, 11) is 0. The molecule has 0 radical (unpaired) electrons. The first-order valence-electron chi connectivity index (χ1n) is 7.00. The van der Waals surface area contributed by atoms with Crippen molar-refractivity contribution in [1.82, 2.24) is 15.4 Å². The zero-order valence-corrected chi connectivity index (χ0v) is 12.2. The second-order valence-corrected chi connectivity index (χ2v) is 4.61. The number of ether oxygens (including phenoxy) is 1. The van der Waals surface area contributed by atoms with Crippen molar-refractivity contribution in [1.29, 1.82) is 0 Å². The molecule has 0 fully saturated rings. The number of carbonyl (C=O) groups is 3. The van der Waals surface area contributed by atoms with Gasteiger partial charge in [0.1, 0.15) is 0 Å². The van der Waals surface area contributed by atoms with Gasteiger partial charge in [0.05, 0.1) is 13.0 Å². The first kappa shape index (κ1) is 15.7. The van der Waals surface area contributed by atoms with Crippen molar-refractivity contribution >= 4 is 17.8 Å². The lowest BCUT2D eigenvalue weighted by atomic mass is 10.2. The lowest BCUT2D eigenvalue weighted by Crippen LogP contribution is -2.43. The Balaban J connectivity index is 1.96. The molecule has 0 aliphatic carbocycles. The predicted molar refractivity (Wildman–Crippen MR) is 77.1 cm³/mol. The van der Waals surface area contributed by atoms with Crippen LogP contribution in [0.4, 0.5) is 0 Å². The van der Waals surface area contributed by atoms with Gasteiger partial charge >= 0.3 is 5.97 Å². The van der Waals surface area contributed by atoms with Crippen LogP contribution >= 0.6 is 0 Å². The number of hydrogen-bond donors (Lipinski definition) is 1. The van der Waals surface area contributed by atoms with Crippen molar-refractivity contribution in [2.75, 3.05) is 6.61 Å². The zero-order chi connectivity index (χ0) is 15.9. The summed E-state index contributed by atoms with van der Waals surface area (Å²) >= 11 is 0. The Labute approximate surface area is 127 Å². The van der Waals surface area contributed by atoms with E-state index in [1.165, 1.54) is 17.4 Å². The van der Waals surface area contributed by atoms with Gasteiger partial charge < -0.3 is 4.74 Å². The van der Waals surface area contributed by atoms with Crippen LogP contribution < -0.4 is 5.43 Å². The Morgan fingerprint density at radius 1 is 1.36 bits per heavy atom. The maximum Gasteiger partial charge on any atom is 0.306 e. The van der Waals surface area contributed by atoms with E-state index in [4.69, 9.17) is 4.74 Å². The summed E-state index contributed by atoms with van der Waals surface area (Å²) < 4.78 is 4.85. The molecular weight excluding hydrogens is 286 g/mol. The molecule has 1 N–H and O–H groups in total. The number of rotatable bonds is 6. The van der Waals surface area contributed by atoms with Crippen LogP contribution in [0.15, 0.2) is 36.3 Å². The van der Waals surface area contributed by atoms with Gasteiger partial charge in [-0.15, -0.1) is 0 Å². The highest BCUT2D eigenvalue weighted by Gasteiger charge is 2.26. The Morgan fingerprint density at radius 3 is 2.77 bits per heavy atom. The molecule has 1 aliphatic rings. The summed E-state index contributed by atoms with van der Waals surface area (Å²) in [4.78, 5) is 39.2. The molecule has 7 heteroatoms. The topological polar surface area (TPSA) is 88.6 Å². The number of esters is 1. The monoisotopic (exact) mass is 303 g/mol. The molecule has 22 heavy (non-hydrogen) atoms. The molecule has 116 valence electrons. The summed E-state index contributed by atoms with van der Waals surface area (Å²) in [6.07, 6.45) is 5.40. The third-order valence-corrected chi connectivity index (χ3v) is 3.10. The summed E-state index contributed by atoms with van der Waals surface area (Å²) in [5.41, 5.74) is 3.55. The third kappa shape index (κ3) is 3.91. The molecule has 1 aromatic heterocycles. The number of hydrazine groups is 1. The fraction of sp³-hybridized carbons (Fsp3) is 0.333. The Hall–Kier alpha value is -2.70. The van der Waals surface area contributed by atoms with Crippen molar-refractivity contribution in [3.05, 3.63) is 41.9 Å². The molecule has 0 saturated heterocycles. The normalized spacial score (nSPS) is 13.8. The van der Waals surface area contributed by atoms with E-state index in [1.807, 2.05) is 0 Å². The summed E-state index contributed by atoms with van der Waals surface area (Å²) in [6, 6.07) is 3.11. The average Bonchev–Trinajstić information content (AvgIpc) is 2.87. The molecule has 2 amide bonds. The van der Waals surface area contributed by atoms with Gasteiger partial charge in [-0.2, -0.15) is 0 Å². The fourth-order valence-corrected chi connectivity index (χ4v) is 2.03. The summed E-state index contributed by atoms with van der Waals surface area (Å²) in [5.74, 6) is -0.968. The molecule has 0 atom stereocenters. The van der Waals surface area contributed by atoms with Crippen LogP contribution in [0.5, 0.6) is 0 Å². The third-order valence-electron chi connectivity index (χ3n) is 3.10. The number of hydrogen-bond acceptors (Lipinski definition) is 5. The highest BCUT2D eigenvalue weighted by Crippen LogP contribution is 2.19. The molecule has 0 bridgehead atoms. The highest BCUT2D eigenvalue weighted by molar-refractivity contribution is 5.96. The lowest BCUT2D eigenvalue weighted by molar-refractivity contribution is -0.143. The van der Waals surface area contributed by atoms with Crippen molar-refractivity contribution in [3.8, 4) is 0 Å². The van der Waals surface area contributed by atoms with E-state index in [2.05, 4.69) is 10.4 Å². The first-order chi connectivity index (χ1) is 10.6. The number of nitrogens with zero attached hydrogens (tertiary/aromatic N) is 2. The van der Waals surface area contributed by atoms with Crippen molar-refractivity contribution in [2.24, 2.45) is 0 Å². The van der Waals surface area contributed by atoms with Crippen LogP contribution in [-0.4, -0.2) is 34.4 Å². The second-order valence-electron chi connectivity index (χ2n) is 4.61. The molecule has 0 saturated carbocycles. The largest absolute Gasteiger partial charge is 0.466 e. The Bertz CT molecular complexity index is 598. The van der Waals surface area contributed by atoms with Crippen LogP contribution in [0.1, 0.15) is 36.5 Å². The van der Waals surface area contributed by atoms with Crippen LogP contribution in [0.3, 0.4) is 0 Å². The molecular formula is C15H17N3O4. The predicted octanol–water partition coefficient (Wildman–Crippen LogP) is 1.19. The number of allylic oxidation sites excluding steroid dienone is 1. The molecule has 1 aromatic rings. The maximum absolute atomic E-state index is 12.1. The van der Waals surface area contributed by atoms with Gasteiger partial charge in [0.2, 0.25) is 5.91 Å². The number of carbonyl (C=O) groups excluding carboxylic acids is 3. The maximum atomic E-state index is 12.1. The van der Waals surface area contributed by atoms with Crippen molar-refractivity contribution in [2.45, 2.75) is 26.2 Å². The first-order valence-corrected chi connectivity index (χ1v) is 7.00. The molecule has 2 rings (SSSR count). The van der Waals surface area contributed by atoms with E-state index in [0.717, 1.165) is 0 Å². The molecule has 0 spiro atoms. The van der Waals surface area contributed by atoms with Gasteiger partial charge in [0.25, 0.3) is 5.91 Å². The zero-order valence-electron chi connectivity index (χ0n) is 12.2. The van der Waals surface area contributed by atoms with Gasteiger partial charge in [-0.25, -0.2) is 5.01 Å². The minimum atomic E-state index is -0.403. The Kier molecular flexibility index (Phi) is 5.24. The highest BCUT2D eigenvalue weighted by atomic mass is 16.5. The van der Waals surface area contributed by atoms with Crippen molar-refractivity contribution < 1.29 is 19.1 Å². The number of amides is 2. The van der Waals surface area contributed by atoms with E-state index >= 15 is 0 Å². The number of aromatic nitrogens is 1. The average molecular weight is 303 g/mol. The number of nitrogens with one attached hydrogen (secondary N) is 1. The van der Waals surface area contributed by atoms with Gasteiger partial charge in [-0.1, -0.05) is 6.08 Å². The minimum Gasteiger partial charge on any atom is -0.466 e. The van der Waals surface area contributed by atoms with Crippen LogP contribution in [0, 0.1) is 0 Å². The lowest BCUT2D eigenvalue weighted by Gasteiger charge is -2.21. The van der Waals surface area contributed by atoms with E-state index in [-0.39, 0.29) is 24.7 Å². The summed E-state index contributed by atoms with van der Waals surface area (Å²) in [5, 5.41) is 1.20. The summed E-state index contributed by atoms with van der Waals surface area (Å²) in [6.45, 7) is 2.05. The molecule has 0 unspecified atom stereocenters. The van der Waals surface area contributed by atoms with E-state index in [9.17, 15) is 14.4 Å². The van der Waals surface area contributed by atoms with Crippen LogP contribution in [-0.2, 0) is 14.3 Å². The molecule has 7 nitrogen and oxygen atoms in total. The van der Waals surface area contributed by atoms with E-state index in [1.54, 1.807) is 25.1 Å². The van der Waals surface area contributed by atoms with Crippen LogP contribution in [0.2, 0.25) is 0 Å². The van der Waals surface area contributed by atoms with E-state index in [0.29, 0.717) is 24.3 Å². The minimum absolute atomic E-state index is 0.161. The molecule has 2 heterocycles. The standard InChI is InChI=1S/C15H17N3O4/c1-2-22-14(20)6-4-12-3-5-13(19)18(12)17-15(21)11-7-9-16-10-8-11/h3,7-10H,2,4-6H2,1H3,(H,17,21). The second kappa shape index (κ2) is 7.35. The van der Waals surface area contributed by atoms with Gasteiger partial charge in [-0.3, -0.25) is 24.8 Å². The fourth-order valence-electron chi connectivity index (χ4n) is 2.03. The van der Waals surface area contributed by atoms with E-state index < -0.39 is 5.91 Å². The SMILES string of the molecule is CCOC(=O)CCC1=CCC(=O)N1NC(=O)c1ccncc1. The van der Waals surface area contributed by atoms with Crippen molar-refractivity contribution in [3.63, 3.8) is 0 Å². The molecule has 1 aliphatic heterocycles. The number of pyridine rings is 1. The quantitative estimate of drug-likeness (QED) is 0.797. The smallest absolute Gasteiger partial charge is 0.306 e. The van der Waals surface area contributed by atoms with Crippen LogP contribution in [0.25, 0.3) is 0 Å². The van der Waals surface area contributed by atoms with Gasteiger partial charge in [0.15, 0.2) is 0 Å². The Morgan fingerprint density at radius 2 is 2.09 bits per heavy atom.